The lowest BCUT2D eigenvalue weighted by Crippen LogP contribution is -2.34. The Balaban J connectivity index is 1.78. The van der Waals surface area contributed by atoms with Crippen LogP contribution >= 0.6 is 58.2 Å². The molecule has 0 bridgehead atoms. The number of anilines is 1. The van der Waals surface area contributed by atoms with Crippen LogP contribution < -0.4 is 10.6 Å². The van der Waals surface area contributed by atoms with Gasteiger partial charge >= 0.3 is 0 Å². The Labute approximate surface area is 233 Å². The molecule has 0 aliphatic carbocycles. The van der Waals surface area contributed by atoms with E-state index in [0.29, 0.717) is 33.1 Å². The number of nitrogens with zero attached hydrogens (tertiary/aromatic N) is 3. The maximum Gasteiger partial charge on any atom is 0.253 e. The monoisotopic (exact) mass is 585 g/mol. The molecular weight excluding hydrogens is 564 g/mol. The SMILES string of the molecule is C=CCn1c(SCC(=O)Nc2c(Cl)cc(Cl)cc2Cl)nnc1[C@@H](NC(=O)c1ccccc1Cl)C(C)C. The fourth-order valence-corrected chi connectivity index (χ4v) is 5.19. The molecule has 7 nitrogen and oxygen atoms in total. The van der Waals surface area contributed by atoms with Crippen molar-refractivity contribution < 1.29 is 9.59 Å². The van der Waals surface area contributed by atoms with Crippen LogP contribution in [-0.2, 0) is 11.3 Å². The summed E-state index contributed by atoms with van der Waals surface area (Å²) < 4.78 is 1.81. The molecule has 2 amide bonds. The van der Waals surface area contributed by atoms with E-state index in [2.05, 4.69) is 27.4 Å². The molecule has 3 rings (SSSR count). The van der Waals surface area contributed by atoms with E-state index in [1.807, 2.05) is 18.4 Å². The van der Waals surface area contributed by atoms with Gasteiger partial charge in [0.25, 0.3) is 5.91 Å². The second-order valence-corrected chi connectivity index (χ2v) is 10.6. The Hall–Kier alpha value is -2.23. The minimum atomic E-state index is -0.462. The summed E-state index contributed by atoms with van der Waals surface area (Å²) in [6.45, 7) is 8.12. The van der Waals surface area contributed by atoms with Crippen LogP contribution in [-0.4, -0.2) is 32.3 Å². The molecule has 190 valence electrons. The van der Waals surface area contributed by atoms with Crippen molar-refractivity contribution in [3.8, 4) is 0 Å². The predicted molar refractivity (Wildman–Crippen MR) is 148 cm³/mol. The molecule has 0 saturated heterocycles. The van der Waals surface area contributed by atoms with E-state index >= 15 is 0 Å². The maximum atomic E-state index is 12.9. The topological polar surface area (TPSA) is 88.9 Å². The summed E-state index contributed by atoms with van der Waals surface area (Å²) in [7, 11) is 0. The summed E-state index contributed by atoms with van der Waals surface area (Å²) in [6, 6.07) is 9.34. The van der Waals surface area contributed by atoms with Crippen LogP contribution in [0.5, 0.6) is 0 Å². The van der Waals surface area contributed by atoms with Gasteiger partial charge in [0.2, 0.25) is 5.91 Å². The maximum absolute atomic E-state index is 12.9. The standard InChI is InChI=1S/C24H23Cl4N5O2S/c1-4-9-33-22(20(13(2)3)30-23(35)15-7-5-6-8-16(15)26)31-32-24(33)36-12-19(34)29-21-17(27)10-14(25)11-18(21)28/h4-8,10-11,13,20H,1,9,12H2,2-3H3,(H,29,34)(H,30,35)/t20-/m0/s1. The van der Waals surface area contributed by atoms with Gasteiger partial charge in [0.1, 0.15) is 0 Å². The number of carbonyl (C=O) groups is 2. The van der Waals surface area contributed by atoms with Crippen LogP contribution in [0.4, 0.5) is 5.69 Å². The van der Waals surface area contributed by atoms with E-state index in [4.69, 9.17) is 46.4 Å². The number of hydrogen-bond donors (Lipinski definition) is 2. The molecule has 0 radical (unpaired) electrons. The quantitative estimate of drug-likeness (QED) is 0.198. The Morgan fingerprint density at radius 1 is 1.08 bits per heavy atom. The lowest BCUT2D eigenvalue weighted by Gasteiger charge is -2.23. The number of aromatic nitrogens is 3. The lowest BCUT2D eigenvalue weighted by atomic mass is 10.0. The summed E-state index contributed by atoms with van der Waals surface area (Å²) in [5.41, 5.74) is 0.647. The van der Waals surface area contributed by atoms with Crippen LogP contribution in [0.1, 0.15) is 36.1 Å². The zero-order chi connectivity index (χ0) is 26.4. The molecule has 0 aliphatic rings. The van der Waals surface area contributed by atoms with E-state index in [9.17, 15) is 9.59 Å². The highest BCUT2D eigenvalue weighted by Crippen LogP contribution is 2.34. The first-order valence-corrected chi connectivity index (χ1v) is 13.3. The average Bonchev–Trinajstić information content (AvgIpc) is 3.20. The van der Waals surface area contributed by atoms with Gasteiger partial charge in [0, 0.05) is 11.6 Å². The molecule has 2 aromatic carbocycles. The highest BCUT2D eigenvalue weighted by molar-refractivity contribution is 7.99. The number of carbonyl (C=O) groups excluding carboxylic acids is 2. The molecule has 12 heteroatoms. The third kappa shape index (κ3) is 6.95. The van der Waals surface area contributed by atoms with Crippen molar-refractivity contribution in [3.63, 3.8) is 0 Å². The number of halogens is 4. The Bertz CT molecular complexity index is 1260. The van der Waals surface area contributed by atoms with Gasteiger partial charge in [-0.05, 0) is 30.2 Å². The van der Waals surface area contributed by atoms with Crippen molar-refractivity contribution in [2.45, 2.75) is 31.6 Å². The van der Waals surface area contributed by atoms with Gasteiger partial charge in [-0.3, -0.25) is 9.59 Å². The molecular formula is C24H23Cl4N5O2S. The summed E-state index contributed by atoms with van der Waals surface area (Å²) in [6.07, 6.45) is 1.69. The molecule has 0 spiro atoms. The van der Waals surface area contributed by atoms with Crippen LogP contribution in [0.15, 0.2) is 54.2 Å². The van der Waals surface area contributed by atoms with Gasteiger partial charge in [-0.1, -0.05) is 90.2 Å². The second kappa shape index (κ2) is 12.8. The Morgan fingerprint density at radius 2 is 1.75 bits per heavy atom. The first-order chi connectivity index (χ1) is 17.1. The molecule has 1 atom stereocenters. The fraction of sp³-hybridized carbons (Fsp3) is 0.250. The van der Waals surface area contributed by atoms with E-state index in [1.54, 1.807) is 30.3 Å². The minimum absolute atomic E-state index is 0.0143. The van der Waals surface area contributed by atoms with Crippen molar-refractivity contribution in [1.29, 1.82) is 0 Å². The number of amides is 2. The fourth-order valence-electron chi connectivity index (χ4n) is 3.30. The van der Waals surface area contributed by atoms with E-state index in [1.165, 1.54) is 23.9 Å². The zero-order valence-corrected chi connectivity index (χ0v) is 23.2. The van der Waals surface area contributed by atoms with Crippen LogP contribution in [0.2, 0.25) is 20.1 Å². The van der Waals surface area contributed by atoms with Crippen LogP contribution in [0.25, 0.3) is 0 Å². The smallest absolute Gasteiger partial charge is 0.253 e. The van der Waals surface area contributed by atoms with Crippen molar-refractivity contribution in [2.75, 3.05) is 11.1 Å². The number of rotatable bonds is 10. The van der Waals surface area contributed by atoms with Gasteiger partial charge in [-0.15, -0.1) is 16.8 Å². The molecule has 1 heterocycles. The van der Waals surface area contributed by atoms with Crippen LogP contribution in [0.3, 0.4) is 0 Å². The largest absolute Gasteiger partial charge is 0.342 e. The normalized spacial score (nSPS) is 11.9. The number of thioether (sulfide) groups is 1. The minimum Gasteiger partial charge on any atom is -0.342 e. The molecule has 0 aliphatic heterocycles. The van der Waals surface area contributed by atoms with E-state index in [-0.39, 0.29) is 39.2 Å². The van der Waals surface area contributed by atoms with Gasteiger partial charge in [-0.2, -0.15) is 0 Å². The van der Waals surface area contributed by atoms with Gasteiger partial charge in [-0.25, -0.2) is 0 Å². The number of nitrogens with one attached hydrogen (secondary N) is 2. The third-order valence-corrected chi connectivity index (χ3v) is 7.12. The van der Waals surface area contributed by atoms with Crippen molar-refractivity contribution in [1.82, 2.24) is 20.1 Å². The molecule has 0 saturated carbocycles. The molecule has 3 aromatic rings. The Morgan fingerprint density at radius 3 is 2.36 bits per heavy atom. The summed E-state index contributed by atoms with van der Waals surface area (Å²) in [5, 5.41) is 16.0. The number of hydrogen-bond acceptors (Lipinski definition) is 5. The first-order valence-electron chi connectivity index (χ1n) is 10.8. The molecule has 1 aromatic heterocycles. The third-order valence-electron chi connectivity index (χ3n) is 5.01. The predicted octanol–water partition coefficient (Wildman–Crippen LogP) is 6.94. The molecule has 2 N–H and O–H groups in total. The van der Waals surface area contributed by atoms with Gasteiger partial charge in [0.15, 0.2) is 11.0 Å². The summed E-state index contributed by atoms with van der Waals surface area (Å²) in [4.78, 5) is 25.5. The van der Waals surface area contributed by atoms with Gasteiger partial charge in [0.05, 0.1) is 38.1 Å². The molecule has 0 fully saturated rings. The highest BCUT2D eigenvalue weighted by Gasteiger charge is 2.27. The van der Waals surface area contributed by atoms with Crippen molar-refractivity contribution in [3.05, 3.63) is 80.5 Å². The van der Waals surface area contributed by atoms with Crippen LogP contribution in [0, 0.1) is 5.92 Å². The highest BCUT2D eigenvalue weighted by atomic mass is 35.5. The van der Waals surface area contributed by atoms with E-state index < -0.39 is 6.04 Å². The molecule has 0 unspecified atom stereocenters. The lowest BCUT2D eigenvalue weighted by molar-refractivity contribution is -0.113. The number of allylic oxidation sites excluding steroid dienone is 1. The first kappa shape index (κ1) is 28.3. The van der Waals surface area contributed by atoms with Crippen molar-refractivity contribution >= 4 is 75.7 Å². The van der Waals surface area contributed by atoms with Crippen molar-refractivity contribution in [2.24, 2.45) is 5.92 Å². The average molecular weight is 587 g/mol. The summed E-state index contributed by atoms with van der Waals surface area (Å²) in [5.74, 6) is -0.120. The summed E-state index contributed by atoms with van der Waals surface area (Å²) >= 11 is 25.6. The Kier molecular flexibility index (Phi) is 10.1. The van der Waals surface area contributed by atoms with E-state index in [0.717, 1.165) is 0 Å². The number of benzene rings is 2. The van der Waals surface area contributed by atoms with Gasteiger partial charge < -0.3 is 15.2 Å². The second-order valence-electron chi connectivity index (χ2n) is 8.00. The molecule has 36 heavy (non-hydrogen) atoms. The zero-order valence-electron chi connectivity index (χ0n) is 19.4.